The maximum atomic E-state index is 2.27. The number of allylic oxidation sites excluding steroid dienone is 6. The summed E-state index contributed by atoms with van der Waals surface area (Å²) in [6, 6.07) is 14.9. The smallest absolute Gasteiger partial charge is 0.00974 e. The van der Waals surface area contributed by atoms with Crippen molar-refractivity contribution >= 4 is 24.3 Å². The minimum absolute atomic E-state index is 0.936. The van der Waals surface area contributed by atoms with E-state index < -0.39 is 0 Å². The molecule has 1 aliphatic rings. The average Bonchev–Trinajstić information content (AvgIpc) is 2.92. The summed E-state index contributed by atoms with van der Waals surface area (Å²) < 4.78 is 0. The molecular weight excluding hydrogens is 312 g/mol. The van der Waals surface area contributed by atoms with Crippen molar-refractivity contribution in [2.45, 2.75) is 26.7 Å². The van der Waals surface area contributed by atoms with Gasteiger partial charge in [-0.3, -0.25) is 0 Å². The van der Waals surface area contributed by atoms with Crippen molar-refractivity contribution in [3.05, 3.63) is 106 Å². The lowest BCUT2D eigenvalue weighted by Gasteiger charge is -2.09. The van der Waals surface area contributed by atoms with Gasteiger partial charge in [0.2, 0.25) is 0 Å². The summed E-state index contributed by atoms with van der Waals surface area (Å²) in [6.45, 7) is 4.30. The second-order valence-electron chi connectivity index (χ2n) is 6.55. The number of benzene rings is 2. The second-order valence-corrected chi connectivity index (χ2v) is 6.55. The molecule has 0 unspecified atom stereocenters. The fourth-order valence-electron chi connectivity index (χ4n) is 3.14. The molecule has 0 heterocycles. The first-order valence-electron chi connectivity index (χ1n) is 9.29. The van der Waals surface area contributed by atoms with Crippen LogP contribution >= 0.6 is 0 Å². The minimum atomic E-state index is 0.936. The third kappa shape index (κ3) is 4.61. The van der Waals surface area contributed by atoms with E-state index in [0.29, 0.717) is 0 Å². The quantitative estimate of drug-likeness (QED) is 0.495. The number of hydrogen-bond donors (Lipinski definition) is 0. The number of rotatable bonds is 5. The molecule has 0 radical (unpaired) electrons. The molecule has 0 bridgehead atoms. The zero-order chi connectivity index (χ0) is 18.2. The van der Waals surface area contributed by atoms with Crippen molar-refractivity contribution in [3.8, 4) is 0 Å². The summed E-state index contributed by atoms with van der Waals surface area (Å²) in [5, 5.41) is 0. The summed E-state index contributed by atoms with van der Waals surface area (Å²) in [4.78, 5) is 0. The molecule has 0 nitrogen and oxygen atoms in total. The molecule has 130 valence electrons. The Labute approximate surface area is 157 Å². The molecule has 0 N–H and O–H groups in total. The molecule has 0 aliphatic heterocycles. The molecule has 0 amide bonds. The highest BCUT2D eigenvalue weighted by atomic mass is 14.1. The molecular formula is C26H26. The normalized spacial score (nSPS) is 14.2. The Kier molecular flexibility index (Phi) is 6.22. The highest BCUT2D eigenvalue weighted by molar-refractivity contribution is 5.77. The van der Waals surface area contributed by atoms with Crippen LogP contribution in [0.25, 0.3) is 24.3 Å². The van der Waals surface area contributed by atoms with Crippen LogP contribution in [0.5, 0.6) is 0 Å². The Bertz CT molecular complexity index is 887. The number of hydrogen-bond acceptors (Lipinski definition) is 0. The van der Waals surface area contributed by atoms with Gasteiger partial charge in [0.15, 0.2) is 0 Å². The van der Waals surface area contributed by atoms with Gasteiger partial charge in [-0.2, -0.15) is 0 Å². The lowest BCUT2D eigenvalue weighted by Crippen LogP contribution is -1.90. The van der Waals surface area contributed by atoms with Gasteiger partial charge in [0.25, 0.3) is 0 Å². The molecule has 0 saturated heterocycles. The Hall–Kier alpha value is -2.86. The van der Waals surface area contributed by atoms with Gasteiger partial charge in [-0.25, -0.2) is 0 Å². The monoisotopic (exact) mass is 338 g/mol. The van der Waals surface area contributed by atoms with Gasteiger partial charge in [0, 0.05) is 0 Å². The maximum Gasteiger partial charge on any atom is -0.00974 e. The standard InChI is InChI=1S/C26H26/c1-3-22(13-10-14-23-11-6-4-7-12-23)18-20-25-21(2)17-19-24-15-8-5-9-16-26(24)25/h3-4,6-12,14-20H,5,13H2,1-2H3/b14-10-,20-18-,22-3-. The molecule has 2 aromatic rings. The third-order valence-electron chi connectivity index (χ3n) is 4.69. The zero-order valence-corrected chi connectivity index (χ0v) is 15.7. The number of aryl methyl sites for hydroxylation is 1. The van der Waals surface area contributed by atoms with Crippen LogP contribution in [0.1, 0.15) is 47.6 Å². The molecule has 26 heavy (non-hydrogen) atoms. The molecule has 0 aromatic heterocycles. The van der Waals surface area contributed by atoms with Crippen molar-refractivity contribution < 1.29 is 0 Å². The van der Waals surface area contributed by atoms with Gasteiger partial charge < -0.3 is 0 Å². The van der Waals surface area contributed by atoms with E-state index in [1.807, 2.05) is 6.07 Å². The Balaban J connectivity index is 1.78. The molecule has 2 aromatic carbocycles. The molecule has 0 spiro atoms. The maximum absolute atomic E-state index is 2.27. The molecule has 0 fully saturated rings. The Morgan fingerprint density at radius 3 is 2.58 bits per heavy atom. The topological polar surface area (TPSA) is 0 Å². The van der Waals surface area contributed by atoms with Gasteiger partial charge >= 0.3 is 0 Å². The van der Waals surface area contributed by atoms with Crippen LogP contribution in [0.3, 0.4) is 0 Å². The van der Waals surface area contributed by atoms with Crippen molar-refractivity contribution in [2.75, 3.05) is 0 Å². The molecule has 3 rings (SSSR count). The highest BCUT2D eigenvalue weighted by Gasteiger charge is 2.06. The lowest BCUT2D eigenvalue weighted by atomic mass is 9.95. The van der Waals surface area contributed by atoms with Crippen LogP contribution in [0.4, 0.5) is 0 Å². The Morgan fingerprint density at radius 1 is 0.962 bits per heavy atom. The van der Waals surface area contributed by atoms with Crippen LogP contribution in [0.2, 0.25) is 0 Å². The van der Waals surface area contributed by atoms with Gasteiger partial charge in [0.1, 0.15) is 0 Å². The first kappa shape index (κ1) is 17.9. The van der Waals surface area contributed by atoms with Crippen molar-refractivity contribution in [1.29, 1.82) is 0 Å². The summed E-state index contributed by atoms with van der Waals surface area (Å²) in [6.07, 6.45) is 22.0. The van der Waals surface area contributed by atoms with Crippen molar-refractivity contribution in [2.24, 2.45) is 0 Å². The fraction of sp³-hybridized carbons (Fsp3) is 0.154. The molecule has 0 saturated carbocycles. The largest absolute Gasteiger partial charge is 0.0841 e. The molecule has 0 heteroatoms. The van der Waals surface area contributed by atoms with Crippen LogP contribution < -0.4 is 0 Å². The average molecular weight is 338 g/mol. The van der Waals surface area contributed by atoms with Gasteiger partial charge in [-0.1, -0.05) is 97.1 Å². The lowest BCUT2D eigenvalue weighted by molar-refractivity contribution is 1.28. The summed E-state index contributed by atoms with van der Waals surface area (Å²) >= 11 is 0. The van der Waals surface area contributed by atoms with Crippen LogP contribution in [0, 0.1) is 6.92 Å². The Morgan fingerprint density at radius 2 is 1.77 bits per heavy atom. The van der Waals surface area contributed by atoms with Crippen LogP contribution in [-0.4, -0.2) is 0 Å². The van der Waals surface area contributed by atoms with E-state index in [2.05, 4.69) is 105 Å². The minimum Gasteiger partial charge on any atom is -0.0841 e. The van der Waals surface area contributed by atoms with E-state index in [1.165, 1.54) is 33.4 Å². The summed E-state index contributed by atoms with van der Waals surface area (Å²) in [5.74, 6) is 0. The first-order chi connectivity index (χ1) is 12.8. The molecule has 0 atom stereocenters. The molecule has 1 aliphatic carbocycles. The van der Waals surface area contributed by atoms with Crippen molar-refractivity contribution in [1.82, 2.24) is 0 Å². The van der Waals surface area contributed by atoms with Crippen LogP contribution in [-0.2, 0) is 0 Å². The zero-order valence-electron chi connectivity index (χ0n) is 15.7. The first-order valence-corrected chi connectivity index (χ1v) is 9.29. The highest BCUT2D eigenvalue weighted by Crippen LogP contribution is 2.26. The van der Waals surface area contributed by atoms with E-state index in [-0.39, 0.29) is 0 Å². The second kappa shape index (κ2) is 9.01. The van der Waals surface area contributed by atoms with Gasteiger partial charge in [-0.15, -0.1) is 0 Å². The van der Waals surface area contributed by atoms with E-state index in [0.717, 1.165) is 12.8 Å². The van der Waals surface area contributed by atoms with Gasteiger partial charge in [-0.05, 0) is 60.1 Å². The van der Waals surface area contributed by atoms with Gasteiger partial charge in [0.05, 0.1) is 0 Å². The fourth-order valence-corrected chi connectivity index (χ4v) is 3.14. The van der Waals surface area contributed by atoms with E-state index in [4.69, 9.17) is 0 Å². The van der Waals surface area contributed by atoms with E-state index >= 15 is 0 Å². The third-order valence-corrected chi connectivity index (χ3v) is 4.69. The van der Waals surface area contributed by atoms with Crippen molar-refractivity contribution in [3.63, 3.8) is 0 Å². The van der Waals surface area contributed by atoms with E-state index in [1.54, 1.807) is 0 Å². The SMILES string of the molecule is C/C=C(\C=C/c1c(C)ccc2c1C=CCC=C2)C/C=C\c1ccccc1. The van der Waals surface area contributed by atoms with Crippen LogP contribution in [0.15, 0.2) is 78.4 Å². The predicted octanol–water partition coefficient (Wildman–Crippen LogP) is 7.49. The van der Waals surface area contributed by atoms with E-state index in [9.17, 15) is 0 Å². The summed E-state index contributed by atoms with van der Waals surface area (Å²) in [5.41, 5.74) is 7.82. The number of fused-ring (bicyclic) bond motifs is 1. The summed E-state index contributed by atoms with van der Waals surface area (Å²) in [7, 11) is 0. The predicted molar refractivity (Wildman–Crippen MR) is 117 cm³/mol.